The summed E-state index contributed by atoms with van der Waals surface area (Å²) in [6.07, 6.45) is 0.617. The maximum absolute atomic E-state index is 11.9. The third-order valence-electron chi connectivity index (χ3n) is 2.54. The van der Waals surface area contributed by atoms with Crippen LogP contribution in [0.15, 0.2) is 10.9 Å². The van der Waals surface area contributed by atoms with Gasteiger partial charge in [-0.2, -0.15) is 0 Å². The highest BCUT2D eigenvalue weighted by atomic mass is 32.1. The predicted molar refractivity (Wildman–Crippen MR) is 69.4 cm³/mol. The number of aromatic nitrogens is 1. The van der Waals surface area contributed by atoms with Crippen LogP contribution in [0.4, 0.5) is 0 Å². The number of amides is 1. The minimum absolute atomic E-state index is 0.405. The van der Waals surface area contributed by atoms with Gasteiger partial charge in [0, 0.05) is 18.3 Å². The molecule has 5 nitrogen and oxygen atoms in total. The van der Waals surface area contributed by atoms with Crippen LogP contribution < -0.4 is 5.32 Å². The fraction of sp³-hybridized carbons (Fsp3) is 0.583. The Kier molecular flexibility index (Phi) is 4.84. The lowest BCUT2D eigenvalue weighted by molar-refractivity contribution is -0.151. The van der Waals surface area contributed by atoms with Gasteiger partial charge in [-0.1, -0.05) is 20.8 Å². The Bertz CT molecular complexity index is 409. The van der Waals surface area contributed by atoms with Crippen molar-refractivity contribution < 1.29 is 14.7 Å². The largest absolute Gasteiger partial charge is 0.481 e. The molecule has 1 heterocycles. The second-order valence-electron chi connectivity index (χ2n) is 5.16. The predicted octanol–water partition coefficient (Wildman–Crippen LogP) is 1.55. The first-order valence-corrected chi connectivity index (χ1v) is 6.64. The number of hydrogen-bond acceptors (Lipinski definition) is 4. The van der Waals surface area contributed by atoms with Crippen LogP contribution in [0, 0.1) is 11.3 Å². The van der Waals surface area contributed by atoms with Crippen LogP contribution in [0.1, 0.15) is 26.5 Å². The Hall–Kier alpha value is -1.43. The second kappa shape index (κ2) is 5.95. The van der Waals surface area contributed by atoms with E-state index >= 15 is 0 Å². The molecule has 100 valence electrons. The minimum Gasteiger partial charge on any atom is -0.481 e. The number of aliphatic carboxylic acids is 1. The molecule has 1 amide bonds. The van der Waals surface area contributed by atoms with Crippen molar-refractivity contribution >= 4 is 23.2 Å². The number of nitrogens with zero attached hydrogens (tertiary/aromatic N) is 1. The quantitative estimate of drug-likeness (QED) is 0.796. The van der Waals surface area contributed by atoms with Crippen LogP contribution in [-0.4, -0.2) is 28.5 Å². The Balaban J connectivity index is 2.50. The van der Waals surface area contributed by atoms with Gasteiger partial charge >= 0.3 is 5.97 Å². The van der Waals surface area contributed by atoms with Crippen molar-refractivity contribution in [2.45, 2.75) is 27.2 Å². The van der Waals surface area contributed by atoms with Gasteiger partial charge in [0.15, 0.2) is 0 Å². The average molecular weight is 270 g/mol. The van der Waals surface area contributed by atoms with E-state index in [0.29, 0.717) is 13.0 Å². The summed E-state index contributed by atoms with van der Waals surface area (Å²) in [5, 5.41) is 13.7. The van der Waals surface area contributed by atoms with E-state index in [1.807, 2.05) is 5.38 Å². The fourth-order valence-corrected chi connectivity index (χ4v) is 2.25. The third kappa shape index (κ3) is 4.10. The van der Waals surface area contributed by atoms with Gasteiger partial charge < -0.3 is 10.4 Å². The monoisotopic (exact) mass is 270 g/mol. The van der Waals surface area contributed by atoms with Gasteiger partial charge in [0.1, 0.15) is 5.92 Å². The molecule has 1 unspecified atom stereocenters. The Morgan fingerprint density at radius 3 is 2.61 bits per heavy atom. The van der Waals surface area contributed by atoms with E-state index in [4.69, 9.17) is 5.11 Å². The van der Waals surface area contributed by atoms with Crippen LogP contribution >= 0.6 is 11.3 Å². The van der Waals surface area contributed by atoms with E-state index in [0.717, 1.165) is 5.69 Å². The standard InChI is InChI=1S/C12H18N2O3S/c1-12(2,3)9(11(16)17)10(15)13-5-4-8-6-18-7-14-8/h6-7,9H,4-5H2,1-3H3,(H,13,15)(H,16,17). The number of nitrogens with one attached hydrogen (secondary N) is 1. The van der Waals surface area contributed by atoms with Crippen LogP contribution in [0.3, 0.4) is 0 Å². The van der Waals surface area contributed by atoms with Gasteiger partial charge in [-0.25, -0.2) is 4.98 Å². The lowest BCUT2D eigenvalue weighted by atomic mass is 9.80. The molecule has 2 N–H and O–H groups in total. The third-order valence-corrected chi connectivity index (χ3v) is 3.17. The molecule has 0 saturated carbocycles. The van der Waals surface area contributed by atoms with Crippen molar-refractivity contribution in [2.24, 2.45) is 11.3 Å². The number of carboxylic acid groups (broad SMARTS) is 1. The molecule has 1 aromatic heterocycles. The summed E-state index contributed by atoms with van der Waals surface area (Å²) in [6, 6.07) is 0. The molecule has 0 fully saturated rings. The molecule has 6 heteroatoms. The maximum atomic E-state index is 11.9. The van der Waals surface area contributed by atoms with Crippen LogP contribution in [0.5, 0.6) is 0 Å². The minimum atomic E-state index is -1.09. The molecule has 0 aliphatic rings. The number of carbonyl (C=O) groups is 2. The van der Waals surface area contributed by atoms with Crippen molar-refractivity contribution in [3.8, 4) is 0 Å². The van der Waals surface area contributed by atoms with E-state index in [-0.39, 0.29) is 0 Å². The highest BCUT2D eigenvalue weighted by Crippen LogP contribution is 2.26. The SMILES string of the molecule is CC(C)(C)C(C(=O)O)C(=O)NCCc1cscn1. The number of carbonyl (C=O) groups excluding carboxylic acids is 1. The van der Waals surface area contributed by atoms with Gasteiger partial charge in [-0.3, -0.25) is 9.59 Å². The van der Waals surface area contributed by atoms with E-state index in [1.165, 1.54) is 11.3 Å². The van der Waals surface area contributed by atoms with E-state index in [1.54, 1.807) is 26.3 Å². The van der Waals surface area contributed by atoms with Crippen LogP contribution in [-0.2, 0) is 16.0 Å². The summed E-state index contributed by atoms with van der Waals surface area (Å²) in [5.74, 6) is -2.56. The van der Waals surface area contributed by atoms with Crippen molar-refractivity contribution in [1.82, 2.24) is 10.3 Å². The lowest BCUT2D eigenvalue weighted by Gasteiger charge is -2.25. The summed E-state index contributed by atoms with van der Waals surface area (Å²) < 4.78 is 0. The number of rotatable bonds is 5. The molecular formula is C12H18N2O3S. The zero-order valence-electron chi connectivity index (χ0n) is 10.8. The summed E-state index contributed by atoms with van der Waals surface area (Å²) in [4.78, 5) is 27.1. The molecule has 1 rings (SSSR count). The van der Waals surface area contributed by atoms with Gasteiger partial charge in [-0.15, -0.1) is 11.3 Å². The van der Waals surface area contributed by atoms with Gasteiger partial charge in [0.25, 0.3) is 0 Å². The van der Waals surface area contributed by atoms with E-state index < -0.39 is 23.2 Å². The Morgan fingerprint density at radius 1 is 1.50 bits per heavy atom. The van der Waals surface area contributed by atoms with Gasteiger partial charge in [0.05, 0.1) is 11.2 Å². The molecule has 0 aromatic carbocycles. The smallest absolute Gasteiger partial charge is 0.316 e. The first-order chi connectivity index (χ1) is 8.32. The van der Waals surface area contributed by atoms with Crippen molar-refractivity contribution in [1.29, 1.82) is 0 Å². The molecule has 1 aromatic rings. The fourth-order valence-electron chi connectivity index (χ4n) is 1.65. The van der Waals surface area contributed by atoms with Crippen LogP contribution in [0.25, 0.3) is 0 Å². The first-order valence-electron chi connectivity index (χ1n) is 5.70. The number of carboxylic acids is 1. The molecule has 18 heavy (non-hydrogen) atoms. The Labute approximate surface area is 110 Å². The molecule has 0 aliphatic carbocycles. The first kappa shape index (κ1) is 14.6. The van der Waals surface area contributed by atoms with Gasteiger partial charge in [0.2, 0.25) is 5.91 Å². The molecule has 1 atom stereocenters. The molecule has 0 saturated heterocycles. The lowest BCUT2D eigenvalue weighted by Crippen LogP contribution is -2.43. The molecular weight excluding hydrogens is 252 g/mol. The summed E-state index contributed by atoms with van der Waals surface area (Å²) in [5.41, 5.74) is 2.03. The highest BCUT2D eigenvalue weighted by Gasteiger charge is 2.37. The number of hydrogen-bond donors (Lipinski definition) is 2. The topological polar surface area (TPSA) is 79.3 Å². The average Bonchev–Trinajstić information content (AvgIpc) is 2.67. The summed E-state index contributed by atoms with van der Waals surface area (Å²) in [6.45, 7) is 5.63. The van der Waals surface area contributed by atoms with Crippen molar-refractivity contribution in [3.05, 3.63) is 16.6 Å². The van der Waals surface area contributed by atoms with E-state index in [9.17, 15) is 9.59 Å². The van der Waals surface area contributed by atoms with Gasteiger partial charge in [-0.05, 0) is 5.41 Å². The number of thiazole rings is 1. The highest BCUT2D eigenvalue weighted by molar-refractivity contribution is 7.07. The van der Waals surface area contributed by atoms with Crippen LogP contribution in [0.2, 0.25) is 0 Å². The normalized spacial score (nSPS) is 13.1. The van der Waals surface area contributed by atoms with Crippen molar-refractivity contribution in [3.63, 3.8) is 0 Å². The molecule has 0 radical (unpaired) electrons. The second-order valence-corrected chi connectivity index (χ2v) is 5.88. The molecule has 0 spiro atoms. The van der Waals surface area contributed by atoms with E-state index in [2.05, 4.69) is 10.3 Å². The zero-order valence-corrected chi connectivity index (χ0v) is 11.6. The summed E-state index contributed by atoms with van der Waals surface area (Å²) in [7, 11) is 0. The van der Waals surface area contributed by atoms with Crippen molar-refractivity contribution in [2.75, 3.05) is 6.54 Å². The molecule has 0 bridgehead atoms. The Morgan fingerprint density at radius 2 is 2.17 bits per heavy atom. The molecule has 0 aliphatic heterocycles. The maximum Gasteiger partial charge on any atom is 0.316 e. The summed E-state index contributed by atoms with van der Waals surface area (Å²) >= 11 is 1.50. The zero-order chi connectivity index (χ0) is 13.8.